The Labute approximate surface area is 171 Å². The third kappa shape index (κ3) is 3.37. The number of carbonyl (C=O) groups is 1. The van der Waals surface area contributed by atoms with Crippen molar-refractivity contribution in [3.63, 3.8) is 0 Å². The fourth-order valence-electron chi connectivity index (χ4n) is 3.30. The van der Waals surface area contributed by atoms with Crippen LogP contribution in [0.4, 0.5) is 5.69 Å². The molecule has 5 nitrogen and oxygen atoms in total. The van der Waals surface area contributed by atoms with E-state index in [0.717, 1.165) is 16.5 Å². The van der Waals surface area contributed by atoms with Crippen LogP contribution < -0.4 is 14.8 Å². The minimum absolute atomic E-state index is 0.187. The Balaban J connectivity index is 1.55. The maximum atomic E-state index is 13.1. The first-order chi connectivity index (χ1) is 14.2. The van der Waals surface area contributed by atoms with E-state index in [9.17, 15) is 4.79 Å². The van der Waals surface area contributed by atoms with Crippen molar-refractivity contribution >= 4 is 34.1 Å². The van der Waals surface area contributed by atoms with Gasteiger partial charge in [-0.2, -0.15) is 0 Å². The second kappa shape index (κ2) is 7.11. The fraction of sp³-hybridized carbons (Fsp3) is 0.0435. The molecule has 1 aliphatic rings. The molecule has 6 heteroatoms. The van der Waals surface area contributed by atoms with Crippen LogP contribution in [0.3, 0.4) is 0 Å². The molecule has 2 heterocycles. The van der Waals surface area contributed by atoms with Crippen molar-refractivity contribution < 1.29 is 14.3 Å². The molecule has 1 amide bonds. The summed E-state index contributed by atoms with van der Waals surface area (Å²) in [5.41, 5.74) is 3.51. The lowest BCUT2D eigenvalue weighted by Crippen LogP contribution is -2.13. The highest BCUT2D eigenvalue weighted by atomic mass is 35.5. The van der Waals surface area contributed by atoms with E-state index in [-0.39, 0.29) is 12.7 Å². The van der Waals surface area contributed by atoms with E-state index in [1.54, 1.807) is 36.4 Å². The monoisotopic (exact) mass is 402 g/mol. The molecule has 4 aromatic rings. The molecule has 29 heavy (non-hydrogen) atoms. The summed E-state index contributed by atoms with van der Waals surface area (Å²) in [6, 6.07) is 22.1. The molecule has 0 aliphatic carbocycles. The first-order valence-corrected chi connectivity index (χ1v) is 9.42. The van der Waals surface area contributed by atoms with Gasteiger partial charge < -0.3 is 14.8 Å². The lowest BCUT2D eigenvalue weighted by atomic mass is 10.0. The number of benzene rings is 3. The highest BCUT2D eigenvalue weighted by molar-refractivity contribution is 6.30. The van der Waals surface area contributed by atoms with Crippen LogP contribution in [-0.2, 0) is 0 Å². The SMILES string of the molecule is O=C(Nc1ccc2c(c1)OCO2)c1cc(-c2ccc(Cl)cc2)nc2ccccc12. The molecule has 0 atom stereocenters. The van der Waals surface area contributed by atoms with Gasteiger partial charge in [0.15, 0.2) is 11.5 Å². The van der Waals surface area contributed by atoms with Crippen LogP contribution in [-0.4, -0.2) is 17.7 Å². The number of carbonyl (C=O) groups excluding carboxylic acids is 1. The number of aromatic nitrogens is 1. The summed E-state index contributed by atoms with van der Waals surface area (Å²) in [6.07, 6.45) is 0. The number of fused-ring (bicyclic) bond motifs is 2. The third-order valence-electron chi connectivity index (χ3n) is 4.73. The number of amides is 1. The van der Waals surface area contributed by atoms with E-state index in [0.29, 0.717) is 33.5 Å². The summed E-state index contributed by atoms with van der Waals surface area (Å²) in [5, 5.41) is 4.37. The van der Waals surface area contributed by atoms with Gasteiger partial charge >= 0.3 is 0 Å². The van der Waals surface area contributed by atoms with Gasteiger partial charge in [-0.05, 0) is 36.4 Å². The van der Waals surface area contributed by atoms with Crippen molar-refractivity contribution in [3.8, 4) is 22.8 Å². The first kappa shape index (κ1) is 17.5. The fourth-order valence-corrected chi connectivity index (χ4v) is 3.43. The molecule has 0 saturated heterocycles. The average molecular weight is 403 g/mol. The largest absolute Gasteiger partial charge is 0.454 e. The summed E-state index contributed by atoms with van der Waals surface area (Å²) in [7, 11) is 0. The molecule has 5 rings (SSSR count). The Morgan fingerprint density at radius 2 is 1.72 bits per heavy atom. The first-order valence-electron chi connectivity index (χ1n) is 9.04. The van der Waals surface area contributed by atoms with E-state index in [1.807, 2.05) is 36.4 Å². The average Bonchev–Trinajstić information content (AvgIpc) is 3.21. The van der Waals surface area contributed by atoms with E-state index in [1.165, 1.54) is 0 Å². The molecule has 142 valence electrons. The summed E-state index contributed by atoms with van der Waals surface area (Å²) in [4.78, 5) is 17.8. The smallest absolute Gasteiger partial charge is 0.256 e. The Kier molecular flexibility index (Phi) is 4.30. The lowest BCUT2D eigenvalue weighted by Gasteiger charge is -2.11. The maximum absolute atomic E-state index is 13.1. The van der Waals surface area contributed by atoms with Crippen molar-refractivity contribution in [2.45, 2.75) is 0 Å². The standard InChI is InChI=1S/C23H15ClN2O3/c24-15-7-5-14(6-8-15)20-12-18(17-3-1-2-4-19(17)26-20)23(27)25-16-9-10-21-22(11-16)29-13-28-21/h1-12H,13H2,(H,25,27). The molecule has 0 fully saturated rings. The molecule has 0 spiro atoms. The Bertz CT molecular complexity index is 1240. The highest BCUT2D eigenvalue weighted by Gasteiger charge is 2.17. The molecule has 0 unspecified atom stereocenters. The number of ether oxygens (including phenoxy) is 2. The number of hydrogen-bond donors (Lipinski definition) is 1. The predicted molar refractivity (Wildman–Crippen MR) is 113 cm³/mol. The van der Waals surface area contributed by atoms with Crippen molar-refractivity contribution in [1.82, 2.24) is 4.98 Å². The molecular weight excluding hydrogens is 388 g/mol. The molecule has 0 bridgehead atoms. The number of hydrogen-bond acceptors (Lipinski definition) is 4. The summed E-state index contributed by atoms with van der Waals surface area (Å²) in [6.45, 7) is 0.187. The van der Waals surface area contributed by atoms with Gasteiger partial charge in [0.1, 0.15) is 0 Å². The van der Waals surface area contributed by atoms with Crippen LogP contribution in [0.2, 0.25) is 5.02 Å². The molecule has 1 aliphatic heterocycles. The minimum Gasteiger partial charge on any atom is -0.454 e. The number of halogens is 1. The predicted octanol–water partition coefficient (Wildman–Crippen LogP) is 5.54. The van der Waals surface area contributed by atoms with Crippen molar-refractivity contribution in [3.05, 3.63) is 83.4 Å². The van der Waals surface area contributed by atoms with E-state index in [2.05, 4.69) is 5.32 Å². The van der Waals surface area contributed by atoms with E-state index in [4.69, 9.17) is 26.1 Å². The van der Waals surface area contributed by atoms with Crippen LogP contribution in [0.15, 0.2) is 72.8 Å². The molecule has 0 radical (unpaired) electrons. The second-order valence-corrected chi connectivity index (χ2v) is 7.04. The van der Waals surface area contributed by atoms with Crippen molar-refractivity contribution in [1.29, 1.82) is 0 Å². The van der Waals surface area contributed by atoms with Crippen molar-refractivity contribution in [2.24, 2.45) is 0 Å². The summed E-state index contributed by atoms with van der Waals surface area (Å²) in [5.74, 6) is 1.06. The quantitative estimate of drug-likeness (QED) is 0.489. The number of nitrogens with one attached hydrogen (secondary N) is 1. The topological polar surface area (TPSA) is 60.5 Å². The molecular formula is C23H15ClN2O3. The molecule has 3 aromatic carbocycles. The normalized spacial score (nSPS) is 12.2. The Hall–Kier alpha value is -3.57. The van der Waals surface area contributed by atoms with Crippen LogP contribution in [0, 0.1) is 0 Å². The van der Waals surface area contributed by atoms with Gasteiger partial charge in [-0.15, -0.1) is 0 Å². The second-order valence-electron chi connectivity index (χ2n) is 6.60. The van der Waals surface area contributed by atoms with Gasteiger partial charge in [-0.25, -0.2) is 4.98 Å². The van der Waals surface area contributed by atoms with E-state index < -0.39 is 0 Å². The van der Waals surface area contributed by atoms with Gasteiger partial charge in [0.25, 0.3) is 5.91 Å². The van der Waals surface area contributed by atoms with Crippen molar-refractivity contribution in [2.75, 3.05) is 12.1 Å². The summed E-state index contributed by atoms with van der Waals surface area (Å²) >= 11 is 6.00. The minimum atomic E-state index is -0.224. The molecule has 0 saturated carbocycles. The van der Waals surface area contributed by atoms with Crippen LogP contribution in [0.25, 0.3) is 22.2 Å². The van der Waals surface area contributed by atoms with Crippen LogP contribution in [0.1, 0.15) is 10.4 Å². The van der Waals surface area contributed by atoms with Crippen LogP contribution in [0.5, 0.6) is 11.5 Å². The third-order valence-corrected chi connectivity index (χ3v) is 4.98. The van der Waals surface area contributed by atoms with Gasteiger partial charge in [0.05, 0.1) is 16.8 Å². The van der Waals surface area contributed by atoms with Gasteiger partial charge in [0.2, 0.25) is 6.79 Å². The Morgan fingerprint density at radius 3 is 2.59 bits per heavy atom. The maximum Gasteiger partial charge on any atom is 0.256 e. The van der Waals surface area contributed by atoms with Gasteiger partial charge in [-0.3, -0.25) is 4.79 Å². The zero-order chi connectivity index (χ0) is 19.8. The number of rotatable bonds is 3. The van der Waals surface area contributed by atoms with Crippen LogP contribution >= 0.6 is 11.6 Å². The van der Waals surface area contributed by atoms with E-state index >= 15 is 0 Å². The number of nitrogens with zero attached hydrogens (tertiary/aromatic N) is 1. The Morgan fingerprint density at radius 1 is 0.931 bits per heavy atom. The number of anilines is 1. The lowest BCUT2D eigenvalue weighted by molar-refractivity contribution is 0.102. The number of pyridine rings is 1. The zero-order valence-electron chi connectivity index (χ0n) is 15.2. The number of para-hydroxylation sites is 1. The van der Waals surface area contributed by atoms with Gasteiger partial charge in [0, 0.05) is 27.7 Å². The highest BCUT2D eigenvalue weighted by Crippen LogP contribution is 2.34. The molecule has 1 N–H and O–H groups in total. The zero-order valence-corrected chi connectivity index (χ0v) is 15.9. The summed E-state index contributed by atoms with van der Waals surface area (Å²) < 4.78 is 10.7. The van der Waals surface area contributed by atoms with Gasteiger partial charge in [-0.1, -0.05) is 41.9 Å². The molecule has 1 aromatic heterocycles.